The van der Waals surface area contributed by atoms with Crippen LogP contribution in [0.4, 0.5) is 0 Å². The largest absolute Gasteiger partial charge is 0.303 e. The van der Waals surface area contributed by atoms with Crippen LogP contribution in [-0.4, -0.2) is 31.1 Å². The normalized spacial score (nSPS) is 20.6. The van der Waals surface area contributed by atoms with Crippen LogP contribution in [0.15, 0.2) is 0 Å². The summed E-state index contributed by atoms with van der Waals surface area (Å²) in [7, 11) is 0. The maximum absolute atomic E-state index is 4.83. The first-order valence-corrected chi connectivity index (χ1v) is 2.97. The van der Waals surface area contributed by atoms with Crippen molar-refractivity contribution in [2.75, 3.05) is 26.2 Å². The van der Waals surface area contributed by atoms with E-state index in [0.717, 1.165) is 6.54 Å². The standard InChI is InChI=1S/C5H12N2O/c6-8-5-4-7-2-1-3-7/h1-6H2. The number of hydrogen-bond acceptors (Lipinski definition) is 3. The van der Waals surface area contributed by atoms with Gasteiger partial charge in [-0.1, -0.05) is 0 Å². The van der Waals surface area contributed by atoms with E-state index in [0.29, 0.717) is 6.61 Å². The van der Waals surface area contributed by atoms with Crippen molar-refractivity contribution in [1.29, 1.82) is 0 Å². The van der Waals surface area contributed by atoms with E-state index in [1.807, 2.05) is 0 Å². The lowest BCUT2D eigenvalue weighted by Crippen LogP contribution is -2.39. The minimum absolute atomic E-state index is 0.667. The molecule has 48 valence electrons. The van der Waals surface area contributed by atoms with E-state index in [-0.39, 0.29) is 0 Å². The van der Waals surface area contributed by atoms with Gasteiger partial charge in [-0.2, -0.15) is 0 Å². The summed E-state index contributed by atoms with van der Waals surface area (Å²) in [5.41, 5.74) is 0. The van der Waals surface area contributed by atoms with Gasteiger partial charge < -0.3 is 9.74 Å². The average Bonchev–Trinajstić information content (AvgIpc) is 1.63. The third kappa shape index (κ3) is 1.43. The lowest BCUT2D eigenvalue weighted by atomic mass is 10.2. The number of hydrogen-bond donors (Lipinski definition) is 1. The van der Waals surface area contributed by atoms with E-state index in [1.54, 1.807) is 0 Å². The van der Waals surface area contributed by atoms with Gasteiger partial charge in [-0.15, -0.1) is 0 Å². The quantitative estimate of drug-likeness (QED) is 0.509. The van der Waals surface area contributed by atoms with Gasteiger partial charge in [0.1, 0.15) is 0 Å². The van der Waals surface area contributed by atoms with Crippen LogP contribution in [-0.2, 0) is 4.84 Å². The Balaban J connectivity index is 1.86. The SMILES string of the molecule is NOCCN1CCC1. The molecule has 0 amide bonds. The minimum Gasteiger partial charge on any atom is -0.303 e. The molecule has 3 nitrogen and oxygen atoms in total. The Morgan fingerprint density at radius 3 is 2.62 bits per heavy atom. The molecule has 0 radical (unpaired) electrons. The Bertz CT molecular complexity index is 63.4. The van der Waals surface area contributed by atoms with Crippen molar-refractivity contribution >= 4 is 0 Å². The fourth-order valence-corrected chi connectivity index (χ4v) is 0.787. The average molecular weight is 116 g/mol. The van der Waals surface area contributed by atoms with E-state index in [1.165, 1.54) is 19.5 Å². The third-order valence-corrected chi connectivity index (χ3v) is 1.47. The Hall–Kier alpha value is -0.120. The van der Waals surface area contributed by atoms with Crippen LogP contribution in [0.3, 0.4) is 0 Å². The highest BCUT2D eigenvalue weighted by molar-refractivity contribution is 4.66. The predicted octanol–water partition coefficient (Wildman–Crippen LogP) is -0.418. The maximum atomic E-state index is 4.83. The van der Waals surface area contributed by atoms with E-state index < -0.39 is 0 Å². The smallest absolute Gasteiger partial charge is 0.0806 e. The summed E-state index contributed by atoms with van der Waals surface area (Å²) in [6, 6.07) is 0. The molecule has 0 aliphatic carbocycles. The van der Waals surface area contributed by atoms with Crippen LogP contribution in [0.25, 0.3) is 0 Å². The zero-order valence-electron chi connectivity index (χ0n) is 4.97. The second-order valence-corrected chi connectivity index (χ2v) is 2.07. The van der Waals surface area contributed by atoms with Gasteiger partial charge in [0.25, 0.3) is 0 Å². The van der Waals surface area contributed by atoms with Crippen LogP contribution in [0.2, 0.25) is 0 Å². The van der Waals surface area contributed by atoms with Crippen molar-refractivity contribution in [3.8, 4) is 0 Å². The maximum Gasteiger partial charge on any atom is 0.0806 e. The molecule has 1 rings (SSSR count). The summed E-state index contributed by atoms with van der Waals surface area (Å²) >= 11 is 0. The minimum atomic E-state index is 0.667. The van der Waals surface area contributed by atoms with Gasteiger partial charge >= 0.3 is 0 Å². The fraction of sp³-hybridized carbons (Fsp3) is 1.00. The Morgan fingerprint density at radius 1 is 1.50 bits per heavy atom. The van der Waals surface area contributed by atoms with E-state index in [4.69, 9.17) is 5.90 Å². The van der Waals surface area contributed by atoms with E-state index >= 15 is 0 Å². The number of likely N-dealkylation sites (tertiary alicyclic amines) is 1. The lowest BCUT2D eigenvalue weighted by molar-refractivity contribution is 0.0816. The van der Waals surface area contributed by atoms with Crippen molar-refractivity contribution in [3.63, 3.8) is 0 Å². The molecule has 1 aliphatic heterocycles. The third-order valence-electron chi connectivity index (χ3n) is 1.47. The predicted molar refractivity (Wildman–Crippen MR) is 31.2 cm³/mol. The van der Waals surface area contributed by atoms with E-state index in [9.17, 15) is 0 Å². The molecule has 0 atom stereocenters. The highest BCUT2D eigenvalue weighted by atomic mass is 16.6. The number of rotatable bonds is 3. The summed E-state index contributed by atoms with van der Waals surface area (Å²) in [5.74, 6) is 4.83. The molecule has 3 heteroatoms. The zero-order valence-corrected chi connectivity index (χ0v) is 4.97. The Labute approximate surface area is 49.4 Å². The first-order chi connectivity index (χ1) is 3.93. The fourth-order valence-electron chi connectivity index (χ4n) is 0.787. The highest BCUT2D eigenvalue weighted by Crippen LogP contribution is 2.02. The van der Waals surface area contributed by atoms with Crippen molar-refractivity contribution in [3.05, 3.63) is 0 Å². The van der Waals surface area contributed by atoms with Crippen molar-refractivity contribution < 1.29 is 4.84 Å². The molecule has 1 aliphatic rings. The second-order valence-electron chi connectivity index (χ2n) is 2.07. The molecule has 0 unspecified atom stereocenters. The molecule has 8 heavy (non-hydrogen) atoms. The van der Waals surface area contributed by atoms with Gasteiger partial charge in [0, 0.05) is 6.54 Å². The van der Waals surface area contributed by atoms with Crippen LogP contribution >= 0.6 is 0 Å². The van der Waals surface area contributed by atoms with Crippen molar-refractivity contribution in [1.82, 2.24) is 4.90 Å². The van der Waals surface area contributed by atoms with Gasteiger partial charge in [-0.05, 0) is 19.5 Å². The van der Waals surface area contributed by atoms with Gasteiger partial charge in [-0.25, -0.2) is 5.90 Å². The summed E-state index contributed by atoms with van der Waals surface area (Å²) in [6.07, 6.45) is 1.34. The zero-order chi connectivity index (χ0) is 5.82. The Morgan fingerprint density at radius 2 is 2.25 bits per heavy atom. The van der Waals surface area contributed by atoms with Gasteiger partial charge in [0.15, 0.2) is 0 Å². The highest BCUT2D eigenvalue weighted by Gasteiger charge is 2.11. The van der Waals surface area contributed by atoms with Crippen molar-refractivity contribution in [2.24, 2.45) is 5.90 Å². The van der Waals surface area contributed by atoms with Gasteiger partial charge in [0.05, 0.1) is 6.61 Å². The van der Waals surface area contributed by atoms with Gasteiger partial charge in [0.2, 0.25) is 0 Å². The van der Waals surface area contributed by atoms with Gasteiger partial charge in [-0.3, -0.25) is 0 Å². The molecule has 0 aromatic rings. The summed E-state index contributed by atoms with van der Waals surface area (Å²) in [4.78, 5) is 6.72. The molecule has 1 heterocycles. The van der Waals surface area contributed by atoms with Crippen LogP contribution < -0.4 is 5.90 Å². The van der Waals surface area contributed by atoms with Crippen LogP contribution in [0.1, 0.15) is 6.42 Å². The molecule has 0 aromatic heterocycles. The Kier molecular flexibility index (Phi) is 2.27. The molecular formula is C5H12N2O. The summed E-state index contributed by atoms with van der Waals surface area (Å²) in [5, 5.41) is 0. The van der Waals surface area contributed by atoms with Crippen LogP contribution in [0, 0.1) is 0 Å². The molecule has 0 saturated carbocycles. The molecule has 0 bridgehead atoms. The summed E-state index contributed by atoms with van der Waals surface area (Å²) in [6.45, 7) is 4.11. The topological polar surface area (TPSA) is 38.5 Å². The monoisotopic (exact) mass is 116 g/mol. The molecule has 0 aromatic carbocycles. The first kappa shape index (κ1) is 6.01. The molecular weight excluding hydrogens is 104 g/mol. The molecule has 0 spiro atoms. The van der Waals surface area contributed by atoms with Crippen molar-refractivity contribution in [2.45, 2.75) is 6.42 Å². The second kappa shape index (κ2) is 3.02. The first-order valence-electron chi connectivity index (χ1n) is 2.97. The summed E-state index contributed by atoms with van der Waals surface area (Å²) < 4.78 is 0. The lowest BCUT2D eigenvalue weighted by Gasteiger charge is -2.29. The van der Waals surface area contributed by atoms with Crippen LogP contribution in [0.5, 0.6) is 0 Å². The number of nitrogens with two attached hydrogens (primary N) is 1. The molecule has 2 N–H and O–H groups in total. The van der Waals surface area contributed by atoms with E-state index in [2.05, 4.69) is 9.74 Å². The molecule has 1 saturated heterocycles. The number of nitrogens with zero attached hydrogens (tertiary/aromatic N) is 1. The molecule has 1 fully saturated rings.